The van der Waals surface area contributed by atoms with E-state index in [9.17, 15) is 0 Å². The quantitative estimate of drug-likeness (QED) is 0.584. The second-order valence-corrected chi connectivity index (χ2v) is 6.55. The fourth-order valence-electron chi connectivity index (χ4n) is 2.27. The number of ether oxygens (including phenoxy) is 2. The number of hydrogen-bond acceptors (Lipinski definition) is 2. The van der Waals surface area contributed by atoms with Crippen LogP contribution in [-0.4, -0.2) is 19.0 Å². The Hall–Kier alpha value is -0.860. The highest BCUT2D eigenvalue weighted by atomic mass is 16.7. The van der Waals surface area contributed by atoms with Gasteiger partial charge in [0.2, 0.25) is 0 Å². The molecule has 3 unspecified atom stereocenters. The molecule has 0 aromatic heterocycles. The molecule has 0 aromatic carbocycles. The van der Waals surface area contributed by atoms with E-state index in [2.05, 4.69) is 53.3 Å². The van der Waals surface area contributed by atoms with Crippen molar-refractivity contribution in [2.24, 2.45) is 5.92 Å². The second-order valence-electron chi connectivity index (χ2n) is 6.55. The highest BCUT2D eigenvalue weighted by Crippen LogP contribution is 2.24. The SMILES string of the molecule is C=C(CC/C=C(\C)CCC=C(C)C)C1OCC(C)C(C)O1. The monoisotopic (exact) mass is 292 g/mol. The van der Waals surface area contributed by atoms with E-state index in [1.54, 1.807) is 0 Å². The first-order valence-electron chi connectivity index (χ1n) is 8.14. The van der Waals surface area contributed by atoms with Crippen LogP contribution in [-0.2, 0) is 9.47 Å². The third-order valence-corrected chi connectivity index (χ3v) is 4.03. The van der Waals surface area contributed by atoms with Crippen LogP contribution in [0.15, 0.2) is 35.5 Å². The Morgan fingerprint density at radius 1 is 1.10 bits per heavy atom. The van der Waals surface area contributed by atoms with Crippen molar-refractivity contribution in [2.45, 2.75) is 72.7 Å². The molecule has 0 radical (unpaired) electrons. The van der Waals surface area contributed by atoms with Crippen LogP contribution in [0.3, 0.4) is 0 Å². The highest BCUT2D eigenvalue weighted by molar-refractivity contribution is 5.06. The van der Waals surface area contributed by atoms with Crippen LogP contribution >= 0.6 is 0 Å². The summed E-state index contributed by atoms with van der Waals surface area (Å²) in [5.74, 6) is 0.464. The summed E-state index contributed by atoms with van der Waals surface area (Å²) in [5, 5.41) is 0. The third-order valence-electron chi connectivity index (χ3n) is 4.03. The Kier molecular flexibility index (Phi) is 7.98. The van der Waals surface area contributed by atoms with E-state index < -0.39 is 0 Å². The molecule has 1 rings (SSSR count). The molecule has 1 heterocycles. The molecular formula is C19H32O2. The molecular weight excluding hydrogens is 260 g/mol. The summed E-state index contributed by atoms with van der Waals surface area (Å²) in [4.78, 5) is 0. The van der Waals surface area contributed by atoms with E-state index >= 15 is 0 Å². The van der Waals surface area contributed by atoms with Crippen molar-refractivity contribution in [1.82, 2.24) is 0 Å². The maximum atomic E-state index is 5.86. The number of allylic oxidation sites excluding steroid dienone is 4. The zero-order valence-corrected chi connectivity index (χ0v) is 14.4. The summed E-state index contributed by atoms with van der Waals surface area (Å²) >= 11 is 0. The first-order valence-corrected chi connectivity index (χ1v) is 8.14. The molecule has 2 heteroatoms. The van der Waals surface area contributed by atoms with Crippen LogP contribution in [0.25, 0.3) is 0 Å². The van der Waals surface area contributed by atoms with Gasteiger partial charge in [0, 0.05) is 5.92 Å². The van der Waals surface area contributed by atoms with Gasteiger partial charge in [0.25, 0.3) is 0 Å². The summed E-state index contributed by atoms with van der Waals surface area (Å²) in [6.07, 6.45) is 8.88. The predicted molar refractivity (Wildman–Crippen MR) is 90.2 cm³/mol. The molecule has 0 spiro atoms. The molecule has 120 valence electrons. The van der Waals surface area contributed by atoms with E-state index in [4.69, 9.17) is 9.47 Å². The molecule has 0 bridgehead atoms. The topological polar surface area (TPSA) is 18.5 Å². The maximum Gasteiger partial charge on any atom is 0.179 e. The lowest BCUT2D eigenvalue weighted by Crippen LogP contribution is -2.37. The van der Waals surface area contributed by atoms with Crippen LogP contribution in [0.1, 0.15) is 60.3 Å². The minimum Gasteiger partial charge on any atom is -0.348 e. The molecule has 21 heavy (non-hydrogen) atoms. The molecule has 2 nitrogen and oxygen atoms in total. The number of hydrogen-bond donors (Lipinski definition) is 0. The Balaban J connectivity index is 2.28. The average molecular weight is 292 g/mol. The first-order chi connectivity index (χ1) is 9.90. The predicted octanol–water partition coefficient (Wildman–Crippen LogP) is 5.41. The number of rotatable bonds is 7. The van der Waals surface area contributed by atoms with Crippen LogP contribution < -0.4 is 0 Å². The minimum atomic E-state index is -0.212. The minimum absolute atomic E-state index is 0.212. The van der Waals surface area contributed by atoms with E-state index in [0.717, 1.165) is 37.9 Å². The lowest BCUT2D eigenvalue weighted by atomic mass is 10.0. The van der Waals surface area contributed by atoms with E-state index in [1.165, 1.54) is 11.1 Å². The molecule has 1 aliphatic rings. The molecule has 1 aliphatic heterocycles. The average Bonchev–Trinajstić information content (AvgIpc) is 2.41. The van der Waals surface area contributed by atoms with Gasteiger partial charge in [-0.15, -0.1) is 0 Å². The second kappa shape index (κ2) is 9.22. The van der Waals surface area contributed by atoms with Gasteiger partial charge in [0.15, 0.2) is 6.29 Å². The highest BCUT2D eigenvalue weighted by Gasteiger charge is 2.26. The largest absolute Gasteiger partial charge is 0.348 e. The van der Waals surface area contributed by atoms with E-state index in [-0.39, 0.29) is 12.4 Å². The molecule has 0 saturated carbocycles. The lowest BCUT2D eigenvalue weighted by Gasteiger charge is -2.33. The van der Waals surface area contributed by atoms with Gasteiger partial charge in [-0.25, -0.2) is 0 Å². The molecule has 0 aromatic rings. The summed E-state index contributed by atoms with van der Waals surface area (Å²) in [6.45, 7) is 15.7. The molecule has 1 fully saturated rings. The zero-order valence-electron chi connectivity index (χ0n) is 14.4. The van der Waals surface area contributed by atoms with Crippen molar-refractivity contribution in [3.63, 3.8) is 0 Å². The van der Waals surface area contributed by atoms with Crippen LogP contribution in [0, 0.1) is 5.92 Å². The Morgan fingerprint density at radius 3 is 2.38 bits per heavy atom. The van der Waals surface area contributed by atoms with Crippen LogP contribution in [0.4, 0.5) is 0 Å². The van der Waals surface area contributed by atoms with Gasteiger partial charge in [-0.3, -0.25) is 0 Å². The van der Waals surface area contributed by atoms with Gasteiger partial charge >= 0.3 is 0 Å². The van der Waals surface area contributed by atoms with Crippen LogP contribution in [0.2, 0.25) is 0 Å². The van der Waals surface area contributed by atoms with Crippen LogP contribution in [0.5, 0.6) is 0 Å². The van der Waals surface area contributed by atoms with Crippen molar-refractivity contribution in [2.75, 3.05) is 6.61 Å². The summed E-state index contributed by atoms with van der Waals surface area (Å²) in [6, 6.07) is 0. The summed E-state index contributed by atoms with van der Waals surface area (Å²) < 4.78 is 11.6. The standard InChI is InChI=1S/C19H32O2/c1-14(2)9-7-10-15(3)11-8-12-16(4)19-20-13-17(5)18(6)21-19/h9,11,17-19H,4,7-8,10,12-13H2,1-3,5-6H3/b15-11+. The molecule has 0 aliphatic carbocycles. The molecule has 0 amide bonds. The van der Waals surface area contributed by atoms with Crippen molar-refractivity contribution < 1.29 is 9.47 Å². The fourth-order valence-corrected chi connectivity index (χ4v) is 2.27. The van der Waals surface area contributed by atoms with Gasteiger partial charge in [0.05, 0.1) is 12.7 Å². The van der Waals surface area contributed by atoms with Crippen molar-refractivity contribution in [3.05, 3.63) is 35.5 Å². The first kappa shape index (κ1) is 18.2. The lowest BCUT2D eigenvalue weighted by molar-refractivity contribution is -0.210. The van der Waals surface area contributed by atoms with Gasteiger partial charge in [-0.05, 0) is 59.0 Å². The fraction of sp³-hybridized carbons (Fsp3) is 0.684. The molecule has 3 atom stereocenters. The molecule has 1 saturated heterocycles. The smallest absolute Gasteiger partial charge is 0.179 e. The van der Waals surface area contributed by atoms with E-state index in [0.29, 0.717) is 5.92 Å². The maximum absolute atomic E-state index is 5.86. The normalized spacial score (nSPS) is 26.5. The van der Waals surface area contributed by atoms with Gasteiger partial charge in [0.1, 0.15) is 0 Å². The zero-order chi connectivity index (χ0) is 15.8. The Bertz CT molecular complexity index is 388. The Morgan fingerprint density at radius 2 is 1.76 bits per heavy atom. The van der Waals surface area contributed by atoms with Gasteiger partial charge in [-0.2, -0.15) is 0 Å². The van der Waals surface area contributed by atoms with Gasteiger partial charge in [-0.1, -0.05) is 36.8 Å². The van der Waals surface area contributed by atoms with Crippen molar-refractivity contribution in [1.29, 1.82) is 0 Å². The third kappa shape index (κ3) is 7.10. The van der Waals surface area contributed by atoms with Crippen molar-refractivity contribution >= 4 is 0 Å². The van der Waals surface area contributed by atoms with Gasteiger partial charge < -0.3 is 9.47 Å². The Labute approximate surface area is 130 Å². The summed E-state index contributed by atoms with van der Waals surface area (Å²) in [5.41, 5.74) is 3.90. The summed E-state index contributed by atoms with van der Waals surface area (Å²) in [7, 11) is 0. The van der Waals surface area contributed by atoms with E-state index in [1.807, 2.05) is 0 Å². The van der Waals surface area contributed by atoms with Crippen molar-refractivity contribution in [3.8, 4) is 0 Å². The molecule has 0 N–H and O–H groups in total.